The normalized spacial score (nSPS) is 24.1. The average molecular weight is 246 g/mol. The Labute approximate surface area is 109 Å². The van der Waals surface area contributed by atoms with Crippen molar-refractivity contribution < 1.29 is 4.79 Å². The average Bonchev–Trinajstić information content (AvgIpc) is 2.55. The van der Waals surface area contributed by atoms with Gasteiger partial charge in [0, 0.05) is 19.0 Å². The fourth-order valence-corrected chi connectivity index (χ4v) is 2.62. The summed E-state index contributed by atoms with van der Waals surface area (Å²) in [5, 5.41) is 0. The smallest absolute Gasteiger partial charge is 0.224 e. The van der Waals surface area contributed by atoms with Gasteiger partial charge >= 0.3 is 0 Å². The van der Waals surface area contributed by atoms with Gasteiger partial charge in [0.2, 0.25) is 5.91 Å². The van der Waals surface area contributed by atoms with E-state index in [9.17, 15) is 4.79 Å². The largest absolute Gasteiger partial charge is 0.334 e. The van der Waals surface area contributed by atoms with Crippen LogP contribution in [0, 0.1) is 12.8 Å². The predicted octanol–water partition coefficient (Wildman–Crippen LogP) is 2.25. The summed E-state index contributed by atoms with van der Waals surface area (Å²) in [5.41, 5.74) is 8.52. The van der Waals surface area contributed by atoms with Crippen molar-refractivity contribution in [3.05, 3.63) is 35.4 Å². The Morgan fingerprint density at radius 3 is 2.50 bits per heavy atom. The van der Waals surface area contributed by atoms with E-state index in [1.807, 2.05) is 4.90 Å². The first-order chi connectivity index (χ1) is 8.49. The van der Waals surface area contributed by atoms with Crippen molar-refractivity contribution in [3.8, 4) is 0 Å². The summed E-state index contributed by atoms with van der Waals surface area (Å²) in [5.74, 6) is 0.647. The van der Waals surface area contributed by atoms with Gasteiger partial charge in [-0.25, -0.2) is 0 Å². The van der Waals surface area contributed by atoms with Gasteiger partial charge in [0.25, 0.3) is 0 Å². The summed E-state index contributed by atoms with van der Waals surface area (Å²) in [4.78, 5) is 14.0. The third kappa shape index (κ3) is 2.56. The zero-order chi connectivity index (χ0) is 13.3. The van der Waals surface area contributed by atoms with E-state index in [0.29, 0.717) is 12.3 Å². The summed E-state index contributed by atoms with van der Waals surface area (Å²) >= 11 is 0. The van der Waals surface area contributed by atoms with Crippen molar-refractivity contribution in [2.24, 2.45) is 11.7 Å². The standard InChI is InChI=1S/C15H22N2O/c1-10(2)9-17-14(18)8-13(16)15(17)12-6-4-11(3)5-7-12/h4-7,10,13,15H,8-9,16H2,1-3H3. The molecule has 2 N–H and O–H groups in total. The molecule has 3 heteroatoms. The van der Waals surface area contributed by atoms with Crippen molar-refractivity contribution in [2.45, 2.75) is 39.3 Å². The number of carbonyl (C=O) groups excluding carboxylic acids is 1. The fourth-order valence-electron chi connectivity index (χ4n) is 2.62. The number of nitrogens with zero attached hydrogens (tertiary/aromatic N) is 1. The molecule has 0 radical (unpaired) electrons. The van der Waals surface area contributed by atoms with Gasteiger partial charge in [0.1, 0.15) is 0 Å². The highest BCUT2D eigenvalue weighted by Gasteiger charge is 2.38. The zero-order valence-corrected chi connectivity index (χ0v) is 11.4. The van der Waals surface area contributed by atoms with Crippen LogP contribution < -0.4 is 5.73 Å². The third-order valence-corrected chi connectivity index (χ3v) is 3.45. The summed E-state index contributed by atoms with van der Waals surface area (Å²) in [6.45, 7) is 7.10. The molecule has 0 aliphatic carbocycles. The quantitative estimate of drug-likeness (QED) is 0.889. The number of carbonyl (C=O) groups is 1. The lowest BCUT2D eigenvalue weighted by molar-refractivity contribution is -0.129. The second kappa shape index (κ2) is 5.11. The Balaban J connectivity index is 2.27. The Morgan fingerprint density at radius 2 is 1.94 bits per heavy atom. The minimum absolute atomic E-state index is 0.0421. The highest BCUT2D eigenvalue weighted by Crippen LogP contribution is 2.32. The van der Waals surface area contributed by atoms with Crippen LogP contribution in [0.1, 0.15) is 37.4 Å². The molecule has 1 aliphatic heterocycles. The molecule has 1 aromatic carbocycles. The minimum Gasteiger partial charge on any atom is -0.334 e. The summed E-state index contributed by atoms with van der Waals surface area (Å²) in [7, 11) is 0. The first-order valence-corrected chi connectivity index (χ1v) is 6.60. The van der Waals surface area contributed by atoms with Crippen LogP contribution >= 0.6 is 0 Å². The molecule has 0 bridgehead atoms. The number of benzene rings is 1. The van der Waals surface area contributed by atoms with Gasteiger partial charge in [-0.05, 0) is 18.4 Å². The van der Waals surface area contributed by atoms with E-state index >= 15 is 0 Å². The molecule has 2 rings (SSSR count). The number of amides is 1. The lowest BCUT2D eigenvalue weighted by atomic mass is 9.99. The number of rotatable bonds is 3. The van der Waals surface area contributed by atoms with Gasteiger partial charge in [-0.1, -0.05) is 43.7 Å². The van der Waals surface area contributed by atoms with E-state index in [0.717, 1.165) is 12.1 Å². The first kappa shape index (κ1) is 13.1. The summed E-state index contributed by atoms with van der Waals surface area (Å²) < 4.78 is 0. The molecule has 0 spiro atoms. The molecule has 1 saturated heterocycles. The molecule has 0 saturated carbocycles. The molecule has 18 heavy (non-hydrogen) atoms. The van der Waals surface area contributed by atoms with Gasteiger partial charge in [-0.3, -0.25) is 4.79 Å². The second-order valence-corrected chi connectivity index (χ2v) is 5.66. The van der Waals surface area contributed by atoms with Crippen LogP contribution in [-0.4, -0.2) is 23.4 Å². The third-order valence-electron chi connectivity index (χ3n) is 3.45. The number of hydrogen-bond donors (Lipinski definition) is 1. The maximum atomic E-state index is 12.0. The number of aryl methyl sites for hydroxylation is 1. The zero-order valence-electron chi connectivity index (χ0n) is 11.4. The number of hydrogen-bond acceptors (Lipinski definition) is 2. The van der Waals surface area contributed by atoms with E-state index in [2.05, 4.69) is 45.0 Å². The monoisotopic (exact) mass is 246 g/mol. The van der Waals surface area contributed by atoms with E-state index in [4.69, 9.17) is 5.73 Å². The van der Waals surface area contributed by atoms with Gasteiger partial charge in [-0.2, -0.15) is 0 Å². The molecule has 1 aromatic rings. The van der Waals surface area contributed by atoms with Crippen molar-refractivity contribution in [1.29, 1.82) is 0 Å². The first-order valence-electron chi connectivity index (χ1n) is 6.60. The lowest BCUT2D eigenvalue weighted by Gasteiger charge is -2.28. The van der Waals surface area contributed by atoms with E-state index in [1.165, 1.54) is 5.56 Å². The highest BCUT2D eigenvalue weighted by atomic mass is 16.2. The van der Waals surface area contributed by atoms with Gasteiger partial charge < -0.3 is 10.6 Å². The van der Waals surface area contributed by atoms with Crippen LogP contribution in [0.15, 0.2) is 24.3 Å². The van der Waals surface area contributed by atoms with Crippen molar-refractivity contribution in [1.82, 2.24) is 4.90 Å². The van der Waals surface area contributed by atoms with Gasteiger partial charge in [0.15, 0.2) is 0 Å². The Kier molecular flexibility index (Phi) is 3.71. The molecule has 98 valence electrons. The van der Waals surface area contributed by atoms with Crippen molar-refractivity contribution >= 4 is 5.91 Å². The van der Waals surface area contributed by atoms with Crippen molar-refractivity contribution in [2.75, 3.05) is 6.54 Å². The molecular formula is C15H22N2O. The molecule has 2 atom stereocenters. The Hall–Kier alpha value is -1.35. The molecule has 0 aromatic heterocycles. The summed E-state index contributed by atoms with van der Waals surface area (Å²) in [6, 6.07) is 8.30. The summed E-state index contributed by atoms with van der Waals surface area (Å²) in [6.07, 6.45) is 0.464. The Morgan fingerprint density at radius 1 is 1.33 bits per heavy atom. The van der Waals surface area contributed by atoms with Crippen LogP contribution in [-0.2, 0) is 4.79 Å². The maximum Gasteiger partial charge on any atom is 0.224 e. The maximum absolute atomic E-state index is 12.0. The predicted molar refractivity (Wildman–Crippen MR) is 73.1 cm³/mol. The molecular weight excluding hydrogens is 224 g/mol. The van der Waals surface area contributed by atoms with Crippen LogP contribution in [0.25, 0.3) is 0 Å². The van der Waals surface area contributed by atoms with Gasteiger partial charge in [0.05, 0.1) is 6.04 Å². The fraction of sp³-hybridized carbons (Fsp3) is 0.533. The van der Waals surface area contributed by atoms with E-state index < -0.39 is 0 Å². The molecule has 1 aliphatic rings. The number of nitrogens with two attached hydrogens (primary N) is 1. The minimum atomic E-state index is -0.0843. The SMILES string of the molecule is Cc1ccc(C2C(N)CC(=O)N2CC(C)C)cc1. The topological polar surface area (TPSA) is 46.3 Å². The molecule has 1 fully saturated rings. The number of likely N-dealkylation sites (tertiary alicyclic amines) is 1. The van der Waals surface area contributed by atoms with Crippen LogP contribution in [0.5, 0.6) is 0 Å². The van der Waals surface area contributed by atoms with E-state index in [1.54, 1.807) is 0 Å². The molecule has 3 nitrogen and oxygen atoms in total. The van der Waals surface area contributed by atoms with Crippen molar-refractivity contribution in [3.63, 3.8) is 0 Å². The second-order valence-electron chi connectivity index (χ2n) is 5.66. The van der Waals surface area contributed by atoms with E-state index in [-0.39, 0.29) is 18.0 Å². The molecule has 1 heterocycles. The van der Waals surface area contributed by atoms with Crippen LogP contribution in [0.4, 0.5) is 0 Å². The molecule has 1 amide bonds. The Bertz CT molecular complexity index is 425. The highest BCUT2D eigenvalue weighted by molar-refractivity contribution is 5.80. The van der Waals surface area contributed by atoms with Crippen LogP contribution in [0.3, 0.4) is 0 Å². The van der Waals surface area contributed by atoms with Crippen LogP contribution in [0.2, 0.25) is 0 Å². The molecule has 2 unspecified atom stereocenters. The lowest BCUT2D eigenvalue weighted by Crippen LogP contribution is -2.35. The van der Waals surface area contributed by atoms with Gasteiger partial charge in [-0.15, -0.1) is 0 Å².